The summed E-state index contributed by atoms with van der Waals surface area (Å²) in [6.07, 6.45) is 0. The minimum absolute atomic E-state index is 0.357. The largest absolute Gasteiger partial charge is 0.216 e. The van der Waals surface area contributed by atoms with Gasteiger partial charge in [-0.05, 0) is 6.07 Å². The van der Waals surface area contributed by atoms with Crippen molar-refractivity contribution in [3.63, 3.8) is 0 Å². The first-order chi connectivity index (χ1) is 8.24. The molecule has 0 saturated carbocycles. The number of thiophene rings is 1. The van der Waals surface area contributed by atoms with Crippen LogP contribution in [0.15, 0.2) is 35.7 Å². The third-order valence-corrected chi connectivity index (χ3v) is 3.74. The minimum Gasteiger partial charge on any atom is -0.216 e. The zero-order valence-electron chi connectivity index (χ0n) is 8.52. The molecule has 2 nitrogen and oxygen atoms in total. The van der Waals surface area contributed by atoms with Gasteiger partial charge in [-0.25, -0.2) is 9.97 Å². The molecule has 0 fully saturated rings. The molecule has 0 aliphatic rings. The second-order valence-corrected chi connectivity index (χ2v) is 5.17. The van der Waals surface area contributed by atoms with Crippen molar-refractivity contribution in [1.29, 1.82) is 0 Å². The molecule has 0 N–H and O–H groups in total. The van der Waals surface area contributed by atoms with Crippen LogP contribution >= 0.6 is 34.5 Å². The summed E-state index contributed by atoms with van der Waals surface area (Å²) < 4.78 is 1.20. The van der Waals surface area contributed by atoms with Crippen molar-refractivity contribution in [1.82, 2.24) is 9.97 Å². The first-order valence-corrected chi connectivity index (χ1v) is 6.54. The number of fused-ring (bicyclic) bond motifs is 1. The summed E-state index contributed by atoms with van der Waals surface area (Å²) in [5.74, 6) is 0.569. The summed E-state index contributed by atoms with van der Waals surface area (Å²) in [4.78, 5) is 8.41. The SMILES string of the molecule is Clc1cc(Cl)nc(-c2csc3ccccc23)n1. The first-order valence-electron chi connectivity index (χ1n) is 4.91. The van der Waals surface area contributed by atoms with Gasteiger partial charge in [0.1, 0.15) is 10.3 Å². The molecule has 0 spiro atoms. The molecule has 0 saturated heterocycles. The van der Waals surface area contributed by atoms with Crippen molar-refractivity contribution in [2.24, 2.45) is 0 Å². The number of hydrogen-bond acceptors (Lipinski definition) is 3. The van der Waals surface area contributed by atoms with E-state index in [0.29, 0.717) is 16.1 Å². The van der Waals surface area contributed by atoms with Gasteiger partial charge < -0.3 is 0 Å². The van der Waals surface area contributed by atoms with E-state index in [0.717, 1.165) is 10.9 Å². The van der Waals surface area contributed by atoms with E-state index in [1.807, 2.05) is 23.6 Å². The van der Waals surface area contributed by atoms with Crippen molar-refractivity contribution in [3.05, 3.63) is 46.0 Å². The van der Waals surface area contributed by atoms with Crippen LogP contribution in [0.25, 0.3) is 21.5 Å². The highest BCUT2D eigenvalue weighted by Crippen LogP contribution is 2.32. The number of rotatable bonds is 1. The number of nitrogens with zero attached hydrogens (tertiary/aromatic N) is 2. The van der Waals surface area contributed by atoms with Crippen LogP contribution in [0.3, 0.4) is 0 Å². The summed E-state index contributed by atoms with van der Waals surface area (Å²) in [6.45, 7) is 0. The summed E-state index contributed by atoms with van der Waals surface area (Å²) in [7, 11) is 0. The second kappa shape index (κ2) is 4.26. The molecule has 0 aliphatic carbocycles. The van der Waals surface area contributed by atoms with Crippen LogP contribution in [0, 0.1) is 0 Å². The van der Waals surface area contributed by atoms with Crippen LogP contribution in [-0.2, 0) is 0 Å². The Morgan fingerprint density at radius 2 is 1.71 bits per heavy atom. The molecule has 17 heavy (non-hydrogen) atoms. The van der Waals surface area contributed by atoms with E-state index in [9.17, 15) is 0 Å². The summed E-state index contributed by atoms with van der Waals surface area (Å²) in [5.41, 5.74) is 0.968. The van der Waals surface area contributed by atoms with Gasteiger partial charge in [0.15, 0.2) is 5.82 Å². The molecular weight excluding hydrogens is 275 g/mol. The average molecular weight is 281 g/mol. The third kappa shape index (κ3) is 2.02. The van der Waals surface area contributed by atoms with Gasteiger partial charge in [-0.2, -0.15) is 0 Å². The van der Waals surface area contributed by atoms with Crippen molar-refractivity contribution in [3.8, 4) is 11.4 Å². The predicted octanol–water partition coefficient (Wildman–Crippen LogP) is 4.67. The van der Waals surface area contributed by atoms with Gasteiger partial charge in [0.2, 0.25) is 0 Å². The predicted molar refractivity (Wildman–Crippen MR) is 72.9 cm³/mol. The van der Waals surface area contributed by atoms with Gasteiger partial charge in [-0.1, -0.05) is 41.4 Å². The Bertz CT molecular complexity index is 674. The fourth-order valence-corrected chi connectivity index (χ4v) is 3.02. The molecule has 5 heteroatoms. The van der Waals surface area contributed by atoms with Crippen LogP contribution in [0.5, 0.6) is 0 Å². The maximum atomic E-state index is 5.89. The molecule has 2 heterocycles. The molecule has 0 bridgehead atoms. The van der Waals surface area contributed by atoms with Gasteiger partial charge in [-0.15, -0.1) is 11.3 Å². The van der Waals surface area contributed by atoms with Crippen molar-refractivity contribution >= 4 is 44.6 Å². The maximum absolute atomic E-state index is 5.89. The second-order valence-electron chi connectivity index (χ2n) is 3.48. The lowest BCUT2D eigenvalue weighted by Crippen LogP contribution is -1.88. The number of aromatic nitrogens is 2. The summed E-state index contributed by atoms with van der Waals surface area (Å²) in [6, 6.07) is 9.63. The van der Waals surface area contributed by atoms with Crippen molar-refractivity contribution < 1.29 is 0 Å². The number of hydrogen-bond donors (Lipinski definition) is 0. The van der Waals surface area contributed by atoms with E-state index in [1.165, 1.54) is 10.8 Å². The van der Waals surface area contributed by atoms with E-state index >= 15 is 0 Å². The summed E-state index contributed by atoms with van der Waals surface area (Å²) in [5, 5.41) is 3.86. The van der Waals surface area contributed by atoms with Gasteiger partial charge in [0.05, 0.1) is 0 Å². The van der Waals surface area contributed by atoms with Crippen LogP contribution in [-0.4, -0.2) is 9.97 Å². The molecule has 1 aromatic carbocycles. The van der Waals surface area contributed by atoms with E-state index in [-0.39, 0.29) is 0 Å². The normalized spacial score (nSPS) is 10.9. The highest BCUT2D eigenvalue weighted by atomic mass is 35.5. The Morgan fingerprint density at radius 3 is 2.47 bits per heavy atom. The monoisotopic (exact) mass is 280 g/mol. The molecule has 0 atom stereocenters. The first kappa shape index (κ1) is 11.0. The third-order valence-electron chi connectivity index (χ3n) is 2.39. The van der Waals surface area contributed by atoms with Crippen LogP contribution in [0.4, 0.5) is 0 Å². The Labute approximate surface area is 112 Å². The van der Waals surface area contributed by atoms with E-state index in [2.05, 4.69) is 16.0 Å². The van der Waals surface area contributed by atoms with Gasteiger partial charge in [0, 0.05) is 27.1 Å². The lowest BCUT2D eigenvalue weighted by atomic mass is 10.2. The lowest BCUT2D eigenvalue weighted by Gasteiger charge is -1.99. The van der Waals surface area contributed by atoms with Crippen molar-refractivity contribution in [2.75, 3.05) is 0 Å². The highest BCUT2D eigenvalue weighted by Gasteiger charge is 2.10. The van der Waals surface area contributed by atoms with Gasteiger partial charge in [-0.3, -0.25) is 0 Å². The topological polar surface area (TPSA) is 25.8 Å². The van der Waals surface area contributed by atoms with Crippen molar-refractivity contribution in [2.45, 2.75) is 0 Å². The van der Waals surface area contributed by atoms with E-state index < -0.39 is 0 Å². The molecule has 2 aromatic heterocycles. The Hall–Kier alpha value is -1.16. The van der Waals surface area contributed by atoms with Crippen LogP contribution < -0.4 is 0 Å². The fourth-order valence-electron chi connectivity index (χ4n) is 1.66. The average Bonchev–Trinajstić information content (AvgIpc) is 2.71. The lowest BCUT2D eigenvalue weighted by molar-refractivity contribution is 1.18. The van der Waals surface area contributed by atoms with E-state index in [4.69, 9.17) is 23.2 Å². The molecule has 0 radical (unpaired) electrons. The number of halogens is 2. The molecule has 3 aromatic rings. The molecular formula is C12H6Cl2N2S. The van der Waals surface area contributed by atoms with Crippen LogP contribution in [0.2, 0.25) is 10.3 Å². The van der Waals surface area contributed by atoms with Gasteiger partial charge in [0.25, 0.3) is 0 Å². The molecule has 3 rings (SSSR count). The van der Waals surface area contributed by atoms with E-state index in [1.54, 1.807) is 11.3 Å². The standard InChI is InChI=1S/C12H6Cl2N2S/c13-10-5-11(14)16-12(15-10)8-6-17-9-4-2-1-3-7(8)9/h1-6H. The van der Waals surface area contributed by atoms with Crippen LogP contribution in [0.1, 0.15) is 0 Å². The highest BCUT2D eigenvalue weighted by molar-refractivity contribution is 7.17. The zero-order valence-corrected chi connectivity index (χ0v) is 10.9. The quantitative estimate of drug-likeness (QED) is 0.606. The smallest absolute Gasteiger partial charge is 0.163 e. The zero-order chi connectivity index (χ0) is 11.8. The molecule has 0 aliphatic heterocycles. The Kier molecular flexibility index (Phi) is 2.74. The Morgan fingerprint density at radius 1 is 1.00 bits per heavy atom. The molecule has 0 amide bonds. The number of benzene rings is 1. The summed E-state index contributed by atoms with van der Waals surface area (Å²) >= 11 is 13.4. The molecule has 0 unspecified atom stereocenters. The van der Waals surface area contributed by atoms with Gasteiger partial charge >= 0.3 is 0 Å². The maximum Gasteiger partial charge on any atom is 0.163 e. The fraction of sp³-hybridized carbons (Fsp3) is 0. The Balaban J connectivity index is 2.27. The minimum atomic E-state index is 0.357. The molecule has 84 valence electrons.